The first kappa shape index (κ1) is 20.6. The predicted octanol–water partition coefficient (Wildman–Crippen LogP) is 6.09. The Morgan fingerprint density at radius 2 is 1.81 bits per heavy atom. The first-order chi connectivity index (χ1) is 15.0. The van der Waals surface area contributed by atoms with Crippen molar-refractivity contribution in [1.82, 2.24) is 4.98 Å². The molecule has 4 rings (SSSR count). The molecule has 0 fully saturated rings. The van der Waals surface area contributed by atoms with Gasteiger partial charge >= 0.3 is 5.97 Å². The molecule has 0 saturated carbocycles. The maximum Gasteiger partial charge on any atom is 0.336 e. The fourth-order valence-corrected chi connectivity index (χ4v) is 4.05. The van der Waals surface area contributed by atoms with Crippen molar-refractivity contribution in [3.05, 3.63) is 83.2 Å². The largest absolute Gasteiger partial charge is 0.478 e. The maximum atomic E-state index is 14.1. The van der Waals surface area contributed by atoms with Crippen LogP contribution in [0.4, 0.5) is 14.5 Å². The molecule has 0 aliphatic rings. The van der Waals surface area contributed by atoms with Gasteiger partial charge in [0.05, 0.1) is 24.1 Å². The van der Waals surface area contributed by atoms with E-state index >= 15 is 0 Å². The summed E-state index contributed by atoms with van der Waals surface area (Å²) >= 11 is 1.25. The van der Waals surface area contributed by atoms with Crippen LogP contribution in [-0.2, 0) is 4.84 Å². The van der Waals surface area contributed by atoms with Crippen LogP contribution in [0.15, 0.2) is 66.0 Å². The summed E-state index contributed by atoms with van der Waals surface area (Å²) in [5.74, 6) is -2.47. The lowest BCUT2D eigenvalue weighted by atomic mass is 9.96. The third-order valence-electron chi connectivity index (χ3n) is 4.64. The summed E-state index contributed by atoms with van der Waals surface area (Å²) in [6.07, 6.45) is 0. The molecule has 31 heavy (non-hydrogen) atoms. The standard InChI is InChI=1S/C23H16F2N2O3S/c1-30-27-20-5-3-2-4-16(20)15-8-6-13(10-18(15)23(28)29)22-26-21(12-31-22)17-9-7-14(24)11-19(17)25/h2-12,27H,1H3,(H,28,29). The minimum atomic E-state index is -1.09. The van der Waals surface area contributed by atoms with E-state index in [9.17, 15) is 18.7 Å². The average molecular weight is 438 g/mol. The van der Waals surface area contributed by atoms with Crippen molar-refractivity contribution in [1.29, 1.82) is 0 Å². The van der Waals surface area contributed by atoms with Gasteiger partial charge in [-0.2, -0.15) is 0 Å². The molecular formula is C23H16F2N2O3S. The number of thiazole rings is 1. The van der Waals surface area contributed by atoms with Crippen LogP contribution in [-0.4, -0.2) is 23.2 Å². The highest BCUT2D eigenvalue weighted by Gasteiger charge is 2.18. The number of para-hydroxylation sites is 1. The maximum absolute atomic E-state index is 14.1. The van der Waals surface area contributed by atoms with E-state index in [1.807, 2.05) is 6.07 Å². The van der Waals surface area contributed by atoms with E-state index in [4.69, 9.17) is 4.84 Å². The van der Waals surface area contributed by atoms with Crippen LogP contribution < -0.4 is 5.48 Å². The SMILES string of the molecule is CONc1ccccc1-c1ccc(-c2nc(-c3ccc(F)cc3F)cs2)cc1C(=O)O. The summed E-state index contributed by atoms with van der Waals surface area (Å²) in [5, 5.41) is 12.0. The van der Waals surface area contributed by atoms with Gasteiger partial charge in [0.2, 0.25) is 0 Å². The smallest absolute Gasteiger partial charge is 0.336 e. The molecule has 0 spiro atoms. The van der Waals surface area contributed by atoms with Crippen molar-refractivity contribution in [2.45, 2.75) is 0 Å². The molecule has 0 aliphatic heterocycles. The van der Waals surface area contributed by atoms with Gasteiger partial charge in [0.1, 0.15) is 16.6 Å². The van der Waals surface area contributed by atoms with Crippen molar-refractivity contribution in [2.75, 3.05) is 12.6 Å². The van der Waals surface area contributed by atoms with Crippen molar-refractivity contribution < 1.29 is 23.5 Å². The number of halogens is 2. The number of benzene rings is 3. The Labute approximate surface area is 180 Å². The van der Waals surface area contributed by atoms with Gasteiger partial charge in [-0.1, -0.05) is 30.3 Å². The van der Waals surface area contributed by atoms with Gasteiger partial charge in [-0.25, -0.2) is 18.6 Å². The van der Waals surface area contributed by atoms with Gasteiger partial charge < -0.3 is 5.11 Å². The minimum absolute atomic E-state index is 0.0903. The van der Waals surface area contributed by atoms with E-state index in [2.05, 4.69) is 10.5 Å². The van der Waals surface area contributed by atoms with Gasteiger partial charge in [0, 0.05) is 28.1 Å². The Kier molecular flexibility index (Phi) is 5.75. The van der Waals surface area contributed by atoms with Gasteiger partial charge in [0.25, 0.3) is 0 Å². The molecule has 0 bridgehead atoms. The van der Waals surface area contributed by atoms with Crippen molar-refractivity contribution >= 4 is 23.0 Å². The van der Waals surface area contributed by atoms with E-state index in [1.54, 1.807) is 35.7 Å². The highest BCUT2D eigenvalue weighted by Crippen LogP contribution is 2.35. The zero-order chi connectivity index (χ0) is 22.0. The molecule has 4 aromatic rings. The molecule has 0 unspecified atom stereocenters. The fraction of sp³-hybridized carbons (Fsp3) is 0.0435. The molecule has 2 N–H and O–H groups in total. The molecule has 1 heterocycles. The molecule has 0 atom stereocenters. The molecular weight excluding hydrogens is 422 g/mol. The van der Waals surface area contributed by atoms with Crippen LogP contribution in [0.5, 0.6) is 0 Å². The van der Waals surface area contributed by atoms with Crippen molar-refractivity contribution in [3.63, 3.8) is 0 Å². The van der Waals surface area contributed by atoms with Gasteiger partial charge in [-0.05, 0) is 29.8 Å². The number of anilines is 1. The van der Waals surface area contributed by atoms with E-state index < -0.39 is 17.6 Å². The fourth-order valence-electron chi connectivity index (χ4n) is 3.23. The number of aromatic carboxylic acids is 1. The lowest BCUT2D eigenvalue weighted by molar-refractivity contribution is 0.0697. The van der Waals surface area contributed by atoms with E-state index in [0.29, 0.717) is 33.1 Å². The zero-order valence-electron chi connectivity index (χ0n) is 16.2. The number of nitrogens with one attached hydrogen (secondary N) is 1. The van der Waals surface area contributed by atoms with Crippen LogP contribution in [0.2, 0.25) is 0 Å². The summed E-state index contributed by atoms with van der Waals surface area (Å²) in [6, 6.07) is 15.5. The number of rotatable bonds is 6. The molecule has 0 aliphatic carbocycles. The van der Waals surface area contributed by atoms with E-state index in [0.717, 1.165) is 6.07 Å². The summed E-state index contributed by atoms with van der Waals surface area (Å²) in [4.78, 5) is 21.4. The first-order valence-corrected chi connectivity index (χ1v) is 10.0. The molecule has 8 heteroatoms. The Morgan fingerprint density at radius 1 is 1.03 bits per heavy atom. The Balaban J connectivity index is 1.76. The highest BCUT2D eigenvalue weighted by molar-refractivity contribution is 7.13. The Hall–Kier alpha value is -3.62. The lowest BCUT2D eigenvalue weighted by Crippen LogP contribution is -2.03. The number of nitrogens with zero attached hydrogens (tertiary/aromatic N) is 1. The molecule has 156 valence electrons. The normalized spacial score (nSPS) is 10.8. The van der Waals surface area contributed by atoms with Gasteiger partial charge in [0.15, 0.2) is 0 Å². The zero-order valence-corrected chi connectivity index (χ0v) is 17.0. The highest BCUT2D eigenvalue weighted by atomic mass is 32.1. The topological polar surface area (TPSA) is 71.5 Å². The molecule has 3 aromatic carbocycles. The Bertz CT molecular complexity index is 1270. The quantitative estimate of drug-likeness (QED) is 0.356. The third kappa shape index (κ3) is 4.16. The van der Waals surface area contributed by atoms with E-state index in [1.165, 1.54) is 36.6 Å². The number of hydrogen-bond acceptors (Lipinski definition) is 5. The average Bonchev–Trinajstić information content (AvgIpc) is 3.24. The number of carboxylic acid groups (broad SMARTS) is 1. The molecule has 0 amide bonds. The van der Waals surface area contributed by atoms with E-state index in [-0.39, 0.29) is 11.1 Å². The summed E-state index contributed by atoms with van der Waals surface area (Å²) in [5.41, 5.74) is 5.77. The summed E-state index contributed by atoms with van der Waals surface area (Å²) in [6.45, 7) is 0. The molecule has 1 aromatic heterocycles. The van der Waals surface area contributed by atoms with Crippen LogP contribution >= 0.6 is 11.3 Å². The third-order valence-corrected chi connectivity index (χ3v) is 5.53. The van der Waals surface area contributed by atoms with Gasteiger partial charge in [-0.3, -0.25) is 10.3 Å². The van der Waals surface area contributed by atoms with Gasteiger partial charge in [-0.15, -0.1) is 11.3 Å². The second-order valence-electron chi connectivity index (χ2n) is 6.58. The predicted molar refractivity (Wildman–Crippen MR) is 116 cm³/mol. The number of aromatic nitrogens is 1. The lowest BCUT2D eigenvalue weighted by Gasteiger charge is -2.13. The first-order valence-electron chi connectivity index (χ1n) is 9.15. The number of hydrogen-bond donors (Lipinski definition) is 2. The summed E-state index contributed by atoms with van der Waals surface area (Å²) in [7, 11) is 1.47. The molecule has 0 radical (unpaired) electrons. The van der Waals surface area contributed by atoms with Crippen LogP contribution in [0.25, 0.3) is 33.0 Å². The monoisotopic (exact) mass is 438 g/mol. The van der Waals surface area contributed by atoms with Crippen LogP contribution in [0, 0.1) is 11.6 Å². The summed E-state index contributed by atoms with van der Waals surface area (Å²) < 4.78 is 27.3. The second-order valence-corrected chi connectivity index (χ2v) is 7.44. The molecule has 5 nitrogen and oxygen atoms in total. The number of carbonyl (C=O) groups is 1. The van der Waals surface area contributed by atoms with Crippen molar-refractivity contribution in [2.24, 2.45) is 0 Å². The minimum Gasteiger partial charge on any atom is -0.478 e. The number of carboxylic acids is 1. The second kappa shape index (κ2) is 8.63. The van der Waals surface area contributed by atoms with Crippen LogP contribution in [0.3, 0.4) is 0 Å². The van der Waals surface area contributed by atoms with Crippen LogP contribution in [0.1, 0.15) is 10.4 Å². The molecule has 0 saturated heterocycles. The Morgan fingerprint density at radius 3 is 2.55 bits per heavy atom. The van der Waals surface area contributed by atoms with Crippen molar-refractivity contribution in [3.8, 4) is 33.0 Å².